The summed E-state index contributed by atoms with van der Waals surface area (Å²) in [6, 6.07) is 8.08. The normalized spacial score (nSPS) is 10.8. The van der Waals surface area contributed by atoms with Crippen LogP contribution in [0.3, 0.4) is 0 Å². The molecule has 0 amide bonds. The first-order valence-electron chi connectivity index (χ1n) is 7.58. The molecule has 0 aliphatic rings. The lowest BCUT2D eigenvalue weighted by molar-refractivity contribution is -0.145. The van der Waals surface area contributed by atoms with E-state index >= 15 is 0 Å². The first-order valence-corrected chi connectivity index (χ1v) is 7.58. The van der Waals surface area contributed by atoms with E-state index in [-0.39, 0.29) is 30.3 Å². The van der Waals surface area contributed by atoms with E-state index in [4.69, 9.17) is 16.2 Å². The molecule has 0 saturated heterocycles. The van der Waals surface area contributed by atoms with Gasteiger partial charge in [0.2, 0.25) is 11.9 Å². The molecule has 0 aliphatic heterocycles. The summed E-state index contributed by atoms with van der Waals surface area (Å²) in [6.45, 7) is -0.0666. The quantitative estimate of drug-likeness (QED) is 0.586. The van der Waals surface area contributed by atoms with Gasteiger partial charge in [-0.1, -0.05) is 18.2 Å². The summed E-state index contributed by atoms with van der Waals surface area (Å²) in [4.78, 5) is 26.4. The van der Waals surface area contributed by atoms with Crippen LogP contribution in [0.25, 0.3) is 10.9 Å². The van der Waals surface area contributed by atoms with E-state index in [0.717, 1.165) is 11.9 Å². The molecule has 0 spiro atoms. The van der Waals surface area contributed by atoms with Crippen molar-refractivity contribution in [3.8, 4) is 0 Å². The molecule has 3 aromatic rings. The number of nitrogens with zero attached hydrogens (tertiary/aromatic N) is 3. The van der Waals surface area contributed by atoms with Crippen molar-refractivity contribution in [3.05, 3.63) is 41.9 Å². The van der Waals surface area contributed by atoms with Crippen molar-refractivity contribution in [1.29, 1.82) is 0 Å². The predicted molar refractivity (Wildman–Crippen MR) is 89.7 cm³/mol. The Hall–Kier alpha value is -3.16. The number of nitrogens with one attached hydrogen (secondary N) is 1. The SMILES string of the molecule is Nc1nc(N)nc(COC(=O)CCCc2c[nH]c3ccccc23)n1. The molecule has 0 aliphatic carbocycles. The summed E-state index contributed by atoms with van der Waals surface area (Å²) in [6.07, 6.45) is 3.79. The van der Waals surface area contributed by atoms with E-state index in [1.165, 1.54) is 10.9 Å². The van der Waals surface area contributed by atoms with Crippen LogP contribution in [0.1, 0.15) is 24.2 Å². The number of aromatic amines is 1. The molecule has 0 atom stereocenters. The van der Waals surface area contributed by atoms with Gasteiger partial charge in [-0.15, -0.1) is 0 Å². The van der Waals surface area contributed by atoms with E-state index in [2.05, 4.69) is 26.0 Å². The zero-order valence-electron chi connectivity index (χ0n) is 13.0. The monoisotopic (exact) mass is 326 g/mol. The molecule has 0 saturated carbocycles. The highest BCUT2D eigenvalue weighted by Crippen LogP contribution is 2.19. The Labute approximate surface area is 138 Å². The fourth-order valence-corrected chi connectivity index (χ4v) is 2.50. The molecule has 24 heavy (non-hydrogen) atoms. The Morgan fingerprint density at radius 1 is 1.12 bits per heavy atom. The number of carbonyl (C=O) groups excluding carboxylic acids is 1. The van der Waals surface area contributed by atoms with Gasteiger partial charge in [-0.2, -0.15) is 15.0 Å². The number of hydrogen-bond donors (Lipinski definition) is 3. The van der Waals surface area contributed by atoms with Gasteiger partial charge >= 0.3 is 5.97 Å². The van der Waals surface area contributed by atoms with Crippen LogP contribution in [0.4, 0.5) is 11.9 Å². The maximum atomic E-state index is 11.8. The van der Waals surface area contributed by atoms with Gasteiger partial charge in [0.25, 0.3) is 0 Å². The second-order valence-electron chi connectivity index (χ2n) is 5.34. The fraction of sp³-hybridized carbons (Fsp3) is 0.250. The summed E-state index contributed by atoms with van der Waals surface area (Å²) in [5.41, 5.74) is 13.2. The van der Waals surface area contributed by atoms with Crippen LogP contribution in [0.15, 0.2) is 30.5 Å². The van der Waals surface area contributed by atoms with Gasteiger partial charge in [0.1, 0.15) is 0 Å². The van der Waals surface area contributed by atoms with Crippen molar-refractivity contribution >= 4 is 28.8 Å². The van der Waals surface area contributed by atoms with E-state index in [1.807, 2.05) is 24.4 Å². The predicted octanol–water partition coefficient (Wildman–Crippen LogP) is 1.58. The molecule has 1 aromatic carbocycles. The zero-order chi connectivity index (χ0) is 16.9. The number of rotatable bonds is 6. The largest absolute Gasteiger partial charge is 0.457 e. The lowest BCUT2D eigenvalue weighted by Gasteiger charge is -2.05. The molecule has 8 nitrogen and oxygen atoms in total. The van der Waals surface area contributed by atoms with Crippen LogP contribution in [-0.2, 0) is 22.6 Å². The average Bonchev–Trinajstić information content (AvgIpc) is 2.96. The number of fused-ring (bicyclic) bond motifs is 1. The third kappa shape index (κ3) is 3.78. The first-order chi connectivity index (χ1) is 11.6. The average molecular weight is 326 g/mol. The van der Waals surface area contributed by atoms with Crippen molar-refractivity contribution in [1.82, 2.24) is 19.9 Å². The number of benzene rings is 1. The number of nitrogen functional groups attached to an aromatic ring is 2. The Balaban J connectivity index is 1.47. The van der Waals surface area contributed by atoms with E-state index in [0.29, 0.717) is 12.8 Å². The first kappa shape index (κ1) is 15.7. The highest BCUT2D eigenvalue weighted by atomic mass is 16.5. The number of nitrogens with two attached hydrogens (primary N) is 2. The molecule has 0 unspecified atom stereocenters. The van der Waals surface area contributed by atoms with Gasteiger partial charge in [0.05, 0.1) is 0 Å². The second kappa shape index (κ2) is 6.95. The number of H-pyrrole nitrogens is 1. The van der Waals surface area contributed by atoms with Crippen molar-refractivity contribution in [2.75, 3.05) is 11.5 Å². The molecule has 0 radical (unpaired) electrons. The minimum atomic E-state index is -0.313. The molecule has 124 valence electrons. The third-order valence-corrected chi connectivity index (χ3v) is 3.58. The number of anilines is 2. The van der Waals surface area contributed by atoms with Gasteiger partial charge in [-0.3, -0.25) is 4.79 Å². The molecule has 0 bridgehead atoms. The molecular formula is C16H18N6O2. The fourth-order valence-electron chi connectivity index (χ4n) is 2.50. The molecular weight excluding hydrogens is 308 g/mol. The van der Waals surface area contributed by atoms with Crippen LogP contribution in [-0.4, -0.2) is 25.9 Å². The molecule has 0 fully saturated rings. The molecule has 5 N–H and O–H groups in total. The molecule has 2 heterocycles. The lowest BCUT2D eigenvalue weighted by atomic mass is 10.1. The summed E-state index contributed by atoms with van der Waals surface area (Å²) in [7, 11) is 0. The standard InChI is InChI=1S/C16H18N6O2/c17-15-20-13(21-16(18)22-15)9-24-14(23)7-3-4-10-8-19-12-6-2-1-5-11(10)12/h1-2,5-6,8,19H,3-4,7,9H2,(H4,17,18,20,21,22). The second-order valence-corrected chi connectivity index (χ2v) is 5.34. The van der Waals surface area contributed by atoms with Gasteiger partial charge < -0.3 is 21.2 Å². The summed E-state index contributed by atoms with van der Waals surface area (Å²) in [5.74, 6) is -0.0573. The van der Waals surface area contributed by atoms with Crippen molar-refractivity contribution < 1.29 is 9.53 Å². The number of aryl methyl sites for hydroxylation is 1. The third-order valence-electron chi connectivity index (χ3n) is 3.58. The van der Waals surface area contributed by atoms with Crippen molar-refractivity contribution in [2.45, 2.75) is 25.9 Å². The van der Waals surface area contributed by atoms with Crippen LogP contribution in [0, 0.1) is 0 Å². The summed E-state index contributed by atoms with van der Waals surface area (Å²) >= 11 is 0. The number of aromatic nitrogens is 4. The summed E-state index contributed by atoms with van der Waals surface area (Å²) < 4.78 is 5.13. The summed E-state index contributed by atoms with van der Waals surface area (Å²) in [5, 5.41) is 1.18. The number of carbonyl (C=O) groups is 1. The molecule has 3 rings (SSSR count). The number of para-hydroxylation sites is 1. The zero-order valence-corrected chi connectivity index (χ0v) is 13.0. The van der Waals surface area contributed by atoms with Gasteiger partial charge in [-0.25, -0.2) is 0 Å². The molecule has 8 heteroatoms. The van der Waals surface area contributed by atoms with Gasteiger partial charge in [0.15, 0.2) is 12.4 Å². The topological polar surface area (TPSA) is 133 Å². The Morgan fingerprint density at radius 3 is 2.67 bits per heavy atom. The van der Waals surface area contributed by atoms with Crippen LogP contribution in [0.5, 0.6) is 0 Å². The maximum absolute atomic E-state index is 11.8. The van der Waals surface area contributed by atoms with E-state index in [9.17, 15) is 4.79 Å². The molecule has 2 aromatic heterocycles. The maximum Gasteiger partial charge on any atom is 0.306 e. The lowest BCUT2D eigenvalue weighted by Crippen LogP contribution is -2.11. The Morgan fingerprint density at radius 2 is 1.88 bits per heavy atom. The van der Waals surface area contributed by atoms with Crippen molar-refractivity contribution in [3.63, 3.8) is 0 Å². The Bertz CT molecular complexity index is 840. The van der Waals surface area contributed by atoms with Crippen molar-refractivity contribution in [2.24, 2.45) is 0 Å². The van der Waals surface area contributed by atoms with Gasteiger partial charge in [-0.05, 0) is 24.5 Å². The van der Waals surface area contributed by atoms with Crippen LogP contribution in [0.2, 0.25) is 0 Å². The van der Waals surface area contributed by atoms with E-state index in [1.54, 1.807) is 0 Å². The highest BCUT2D eigenvalue weighted by Gasteiger charge is 2.08. The van der Waals surface area contributed by atoms with E-state index < -0.39 is 0 Å². The number of ether oxygens (including phenoxy) is 1. The van der Waals surface area contributed by atoms with Crippen LogP contribution >= 0.6 is 0 Å². The minimum absolute atomic E-state index is 0.00730. The number of esters is 1. The van der Waals surface area contributed by atoms with Gasteiger partial charge in [0, 0.05) is 23.5 Å². The number of hydrogen-bond acceptors (Lipinski definition) is 7. The van der Waals surface area contributed by atoms with Crippen LogP contribution < -0.4 is 11.5 Å². The highest BCUT2D eigenvalue weighted by molar-refractivity contribution is 5.83. The minimum Gasteiger partial charge on any atom is -0.457 e. The Kier molecular flexibility index (Phi) is 4.55. The smallest absolute Gasteiger partial charge is 0.306 e.